The van der Waals surface area contributed by atoms with Crippen LogP contribution in [-0.2, 0) is 0 Å². The van der Waals surface area contributed by atoms with Crippen molar-refractivity contribution in [1.29, 1.82) is 0 Å². The maximum absolute atomic E-state index is 12.2. The Balaban J connectivity index is 1.83. The van der Waals surface area contributed by atoms with Crippen LogP contribution in [0.25, 0.3) is 10.9 Å². The van der Waals surface area contributed by atoms with Gasteiger partial charge in [0.1, 0.15) is 10.9 Å². The highest BCUT2D eigenvalue weighted by Gasteiger charge is 2.12. The lowest BCUT2D eigenvalue weighted by atomic mass is 10.1. The maximum atomic E-state index is 12.2. The molecule has 0 fully saturated rings. The smallest absolute Gasteiger partial charge is 0.173 e. The number of aromatic nitrogens is 2. The molecule has 0 saturated heterocycles. The molecule has 0 unspecified atom stereocenters. The largest absolute Gasteiger partial charge is 0.504 e. The first kappa shape index (κ1) is 15.3. The molecular formula is C17H14N2O3S. The average Bonchev–Trinajstić information content (AvgIpc) is 2.54. The second-order valence-corrected chi connectivity index (χ2v) is 5.97. The van der Waals surface area contributed by atoms with E-state index in [9.17, 15) is 15.0 Å². The molecule has 116 valence electrons. The number of aromatic hydroxyl groups is 2. The van der Waals surface area contributed by atoms with E-state index in [1.807, 2.05) is 31.2 Å². The highest BCUT2D eigenvalue weighted by molar-refractivity contribution is 8.00. The minimum atomic E-state index is -0.302. The van der Waals surface area contributed by atoms with Crippen LogP contribution in [0.3, 0.4) is 0 Å². The summed E-state index contributed by atoms with van der Waals surface area (Å²) in [5.74, 6) is 0.146. The van der Waals surface area contributed by atoms with Gasteiger partial charge in [0.05, 0.1) is 11.3 Å². The third-order valence-electron chi connectivity index (χ3n) is 3.32. The number of thioether (sulfide) groups is 1. The number of hydrogen-bond donors (Lipinski definition) is 2. The number of carbonyl (C=O) groups is 1. The van der Waals surface area contributed by atoms with Crippen LogP contribution in [0.2, 0.25) is 0 Å². The molecule has 1 aromatic heterocycles. The van der Waals surface area contributed by atoms with Crippen LogP contribution in [0.5, 0.6) is 11.5 Å². The fourth-order valence-electron chi connectivity index (χ4n) is 2.18. The predicted octanol–water partition coefficient (Wildman–Crippen LogP) is 3.32. The fourth-order valence-corrected chi connectivity index (χ4v) is 3.14. The second kappa shape index (κ2) is 6.26. The molecule has 0 bridgehead atoms. The Morgan fingerprint density at radius 3 is 2.65 bits per heavy atom. The lowest BCUT2D eigenvalue weighted by Gasteiger charge is -2.06. The van der Waals surface area contributed by atoms with Crippen molar-refractivity contribution in [1.82, 2.24) is 9.97 Å². The predicted molar refractivity (Wildman–Crippen MR) is 89.1 cm³/mol. The molecule has 0 aliphatic heterocycles. The van der Waals surface area contributed by atoms with Gasteiger partial charge in [-0.25, -0.2) is 9.97 Å². The Kier molecular flexibility index (Phi) is 4.16. The molecule has 0 amide bonds. The summed E-state index contributed by atoms with van der Waals surface area (Å²) in [5, 5.41) is 20.4. The highest BCUT2D eigenvalue weighted by atomic mass is 32.2. The van der Waals surface area contributed by atoms with E-state index in [0.717, 1.165) is 15.9 Å². The minimum absolute atomic E-state index is 0.148. The van der Waals surface area contributed by atoms with Crippen molar-refractivity contribution < 1.29 is 15.0 Å². The van der Waals surface area contributed by atoms with Gasteiger partial charge >= 0.3 is 0 Å². The monoisotopic (exact) mass is 326 g/mol. The van der Waals surface area contributed by atoms with Crippen LogP contribution in [0.1, 0.15) is 16.2 Å². The lowest BCUT2D eigenvalue weighted by molar-refractivity contribution is 0.102. The SMILES string of the molecule is Cc1nc(SCC(=O)c2ccc(O)c(O)c2)c2ccccc2n1. The molecule has 6 heteroatoms. The van der Waals surface area contributed by atoms with E-state index in [1.54, 1.807) is 0 Å². The molecule has 2 aromatic carbocycles. The molecular weight excluding hydrogens is 312 g/mol. The molecule has 0 atom stereocenters. The summed E-state index contributed by atoms with van der Waals surface area (Å²) in [6.45, 7) is 1.82. The summed E-state index contributed by atoms with van der Waals surface area (Å²) in [4.78, 5) is 21.0. The zero-order valence-corrected chi connectivity index (χ0v) is 13.2. The van der Waals surface area contributed by atoms with Gasteiger partial charge in [-0.2, -0.15) is 0 Å². The zero-order valence-electron chi connectivity index (χ0n) is 12.4. The van der Waals surface area contributed by atoms with Gasteiger partial charge in [-0.05, 0) is 31.2 Å². The summed E-state index contributed by atoms with van der Waals surface area (Å²) < 4.78 is 0. The number of phenolic OH excluding ortho intramolecular Hbond substituents is 2. The van der Waals surface area contributed by atoms with Gasteiger partial charge in [-0.3, -0.25) is 4.79 Å². The highest BCUT2D eigenvalue weighted by Crippen LogP contribution is 2.28. The number of para-hydroxylation sites is 1. The molecule has 1 heterocycles. The number of phenols is 2. The Labute approximate surface area is 137 Å². The molecule has 3 aromatic rings. The number of hydrogen-bond acceptors (Lipinski definition) is 6. The molecule has 2 N–H and O–H groups in total. The van der Waals surface area contributed by atoms with Crippen molar-refractivity contribution in [2.45, 2.75) is 11.9 Å². The van der Waals surface area contributed by atoms with Crippen LogP contribution < -0.4 is 0 Å². The van der Waals surface area contributed by atoms with Crippen LogP contribution in [-0.4, -0.2) is 31.7 Å². The standard InChI is InChI=1S/C17H14N2O3S/c1-10-18-13-5-3-2-4-12(13)17(19-10)23-9-16(22)11-6-7-14(20)15(21)8-11/h2-8,20-21H,9H2,1H3. The number of carbonyl (C=O) groups excluding carboxylic acids is 1. The Morgan fingerprint density at radius 1 is 1.09 bits per heavy atom. The molecule has 0 spiro atoms. The van der Waals surface area contributed by atoms with Gasteiger partial charge in [0.2, 0.25) is 0 Å². The van der Waals surface area contributed by atoms with Crippen LogP contribution in [0.15, 0.2) is 47.5 Å². The number of nitrogens with zero attached hydrogens (tertiary/aromatic N) is 2. The van der Waals surface area contributed by atoms with Gasteiger partial charge < -0.3 is 10.2 Å². The number of rotatable bonds is 4. The zero-order chi connectivity index (χ0) is 16.4. The van der Waals surface area contributed by atoms with Crippen LogP contribution >= 0.6 is 11.8 Å². The summed E-state index contributed by atoms with van der Waals surface area (Å²) in [6.07, 6.45) is 0. The molecule has 0 aliphatic rings. The topological polar surface area (TPSA) is 83.3 Å². The van der Waals surface area contributed by atoms with E-state index in [4.69, 9.17) is 0 Å². The van der Waals surface area contributed by atoms with Crippen LogP contribution in [0.4, 0.5) is 0 Å². The first-order chi connectivity index (χ1) is 11.0. The number of Topliss-reactive ketones (excluding diaryl/α,β-unsaturated/α-hetero) is 1. The molecule has 0 aliphatic carbocycles. The van der Waals surface area contributed by atoms with Crippen molar-refractivity contribution in [3.8, 4) is 11.5 Å². The molecule has 5 nitrogen and oxygen atoms in total. The van der Waals surface area contributed by atoms with Gasteiger partial charge in [0.15, 0.2) is 17.3 Å². The fraction of sp³-hybridized carbons (Fsp3) is 0.118. The first-order valence-corrected chi connectivity index (χ1v) is 7.94. The molecule has 3 rings (SSSR count). The van der Waals surface area contributed by atoms with Crippen LogP contribution in [0, 0.1) is 6.92 Å². The summed E-state index contributed by atoms with van der Waals surface area (Å²) in [6, 6.07) is 11.7. The van der Waals surface area contributed by atoms with Crippen molar-refractivity contribution in [3.05, 3.63) is 53.9 Å². The Bertz CT molecular complexity index is 896. The first-order valence-electron chi connectivity index (χ1n) is 6.96. The van der Waals surface area contributed by atoms with Gasteiger partial charge in [-0.1, -0.05) is 30.0 Å². The quantitative estimate of drug-likeness (QED) is 0.331. The number of aryl methyl sites for hydroxylation is 1. The third-order valence-corrected chi connectivity index (χ3v) is 4.31. The van der Waals surface area contributed by atoms with Gasteiger partial charge in [0.25, 0.3) is 0 Å². The third kappa shape index (κ3) is 3.27. The minimum Gasteiger partial charge on any atom is -0.504 e. The molecule has 0 radical (unpaired) electrons. The number of fused-ring (bicyclic) bond motifs is 1. The lowest BCUT2D eigenvalue weighted by Crippen LogP contribution is -2.03. The number of benzene rings is 2. The van der Waals surface area contributed by atoms with E-state index in [0.29, 0.717) is 11.4 Å². The van der Waals surface area contributed by atoms with Crippen molar-refractivity contribution in [2.75, 3.05) is 5.75 Å². The van der Waals surface area contributed by atoms with Gasteiger partial charge in [0, 0.05) is 10.9 Å². The van der Waals surface area contributed by atoms with Crippen molar-refractivity contribution in [2.24, 2.45) is 0 Å². The Morgan fingerprint density at radius 2 is 1.87 bits per heavy atom. The van der Waals surface area contributed by atoms with E-state index in [1.165, 1.54) is 30.0 Å². The Hall–Kier alpha value is -2.60. The van der Waals surface area contributed by atoms with Crippen molar-refractivity contribution in [3.63, 3.8) is 0 Å². The van der Waals surface area contributed by atoms with E-state index in [2.05, 4.69) is 9.97 Å². The summed E-state index contributed by atoms with van der Waals surface area (Å²) in [5.41, 5.74) is 1.19. The second-order valence-electron chi connectivity index (χ2n) is 5.01. The van der Waals surface area contributed by atoms with E-state index >= 15 is 0 Å². The molecule has 0 saturated carbocycles. The average molecular weight is 326 g/mol. The maximum Gasteiger partial charge on any atom is 0.173 e. The van der Waals surface area contributed by atoms with E-state index < -0.39 is 0 Å². The summed E-state index contributed by atoms with van der Waals surface area (Å²) in [7, 11) is 0. The molecule has 23 heavy (non-hydrogen) atoms. The van der Waals surface area contributed by atoms with Crippen molar-refractivity contribution >= 4 is 28.4 Å². The van der Waals surface area contributed by atoms with E-state index in [-0.39, 0.29) is 23.0 Å². The number of ketones is 1. The normalized spacial score (nSPS) is 10.8. The van der Waals surface area contributed by atoms with Gasteiger partial charge in [-0.15, -0.1) is 0 Å². The summed E-state index contributed by atoms with van der Waals surface area (Å²) >= 11 is 1.33.